The highest BCUT2D eigenvalue weighted by atomic mass is 16.5. The number of aliphatic carboxylic acids is 1. The molecule has 0 bridgehead atoms. The first-order valence-corrected chi connectivity index (χ1v) is 4.98. The molecule has 1 atom stereocenters. The molecule has 0 spiro atoms. The predicted molar refractivity (Wildman–Crippen MR) is 55.4 cm³/mol. The van der Waals surface area contributed by atoms with Crippen LogP contribution in [0.5, 0.6) is 0 Å². The number of carboxylic acids is 1. The van der Waals surface area contributed by atoms with E-state index in [1.165, 1.54) is 7.11 Å². The molecule has 0 radical (unpaired) electrons. The predicted octanol–water partition coefficient (Wildman–Crippen LogP) is 1.25. The fraction of sp³-hybridized carbons (Fsp3) is 0.900. The van der Waals surface area contributed by atoms with Crippen LogP contribution in [0.3, 0.4) is 0 Å². The van der Waals surface area contributed by atoms with Gasteiger partial charge in [-0.05, 0) is 19.8 Å². The van der Waals surface area contributed by atoms with Crippen molar-refractivity contribution >= 4 is 5.97 Å². The van der Waals surface area contributed by atoms with Crippen molar-refractivity contribution in [2.24, 2.45) is 0 Å². The molecule has 1 unspecified atom stereocenters. The third-order valence-electron chi connectivity index (χ3n) is 2.71. The smallest absolute Gasteiger partial charge is 0.323 e. The third kappa shape index (κ3) is 4.07. The summed E-state index contributed by atoms with van der Waals surface area (Å²) in [6.07, 6.45) is 1.80. The Morgan fingerprint density at radius 3 is 2.29 bits per heavy atom. The van der Waals surface area contributed by atoms with Gasteiger partial charge in [0.2, 0.25) is 0 Å². The molecule has 4 nitrogen and oxygen atoms in total. The highest BCUT2D eigenvalue weighted by molar-refractivity contribution is 5.73. The van der Waals surface area contributed by atoms with Gasteiger partial charge in [-0.3, -0.25) is 10.1 Å². The summed E-state index contributed by atoms with van der Waals surface area (Å²) in [6, 6.07) is -0.620. The van der Waals surface area contributed by atoms with Gasteiger partial charge in [0, 0.05) is 12.6 Å². The van der Waals surface area contributed by atoms with E-state index in [1.54, 1.807) is 0 Å². The monoisotopic (exact) mass is 203 g/mol. The van der Waals surface area contributed by atoms with Crippen LogP contribution >= 0.6 is 0 Å². The second kappa shape index (κ2) is 5.98. The Bertz CT molecular complexity index is 178. The Morgan fingerprint density at radius 2 is 2.00 bits per heavy atom. The van der Waals surface area contributed by atoms with E-state index >= 15 is 0 Å². The minimum Gasteiger partial charge on any atom is -0.480 e. The van der Waals surface area contributed by atoms with E-state index < -0.39 is 12.0 Å². The van der Waals surface area contributed by atoms with Crippen molar-refractivity contribution in [3.63, 3.8) is 0 Å². The number of ether oxygens (including phenoxy) is 1. The van der Waals surface area contributed by atoms with Gasteiger partial charge in [-0.25, -0.2) is 0 Å². The third-order valence-corrected chi connectivity index (χ3v) is 2.71. The van der Waals surface area contributed by atoms with Crippen LogP contribution in [0.25, 0.3) is 0 Å². The Kier molecular flexibility index (Phi) is 5.72. The van der Waals surface area contributed by atoms with E-state index in [4.69, 9.17) is 9.84 Å². The van der Waals surface area contributed by atoms with Crippen molar-refractivity contribution in [1.82, 2.24) is 5.32 Å². The molecular weight excluding hydrogens is 182 g/mol. The molecule has 0 amide bonds. The summed E-state index contributed by atoms with van der Waals surface area (Å²) < 4.78 is 4.86. The van der Waals surface area contributed by atoms with Crippen molar-refractivity contribution in [2.75, 3.05) is 13.7 Å². The Labute approximate surface area is 85.6 Å². The number of methoxy groups -OCH3 is 1. The van der Waals surface area contributed by atoms with Gasteiger partial charge >= 0.3 is 5.97 Å². The van der Waals surface area contributed by atoms with Crippen molar-refractivity contribution in [1.29, 1.82) is 0 Å². The highest BCUT2D eigenvalue weighted by Gasteiger charge is 2.27. The molecule has 0 aromatic rings. The molecule has 0 aromatic carbocycles. The van der Waals surface area contributed by atoms with Crippen LogP contribution in [0.4, 0.5) is 0 Å². The summed E-state index contributed by atoms with van der Waals surface area (Å²) in [4.78, 5) is 10.9. The topological polar surface area (TPSA) is 58.6 Å². The lowest BCUT2D eigenvalue weighted by Crippen LogP contribution is -2.52. The van der Waals surface area contributed by atoms with Gasteiger partial charge in [0.25, 0.3) is 0 Å². The highest BCUT2D eigenvalue weighted by Crippen LogP contribution is 2.14. The standard InChI is InChI=1S/C10H21NO3/c1-5-10(3,6-2)11-8(7-14-4)9(12)13/h8,11H,5-7H2,1-4H3,(H,12,13). The maximum atomic E-state index is 10.9. The van der Waals surface area contributed by atoms with Gasteiger partial charge in [0.05, 0.1) is 6.61 Å². The van der Waals surface area contributed by atoms with Crippen LogP contribution in [0.1, 0.15) is 33.6 Å². The molecule has 4 heteroatoms. The average Bonchev–Trinajstić information content (AvgIpc) is 2.17. The molecule has 2 N–H and O–H groups in total. The van der Waals surface area contributed by atoms with Gasteiger partial charge in [0.1, 0.15) is 6.04 Å². The van der Waals surface area contributed by atoms with E-state index in [1.807, 2.05) is 20.8 Å². The number of hydrogen-bond acceptors (Lipinski definition) is 3. The van der Waals surface area contributed by atoms with Gasteiger partial charge < -0.3 is 9.84 Å². The maximum absolute atomic E-state index is 10.9. The zero-order valence-corrected chi connectivity index (χ0v) is 9.46. The zero-order chi connectivity index (χ0) is 11.2. The van der Waals surface area contributed by atoms with Gasteiger partial charge in [-0.1, -0.05) is 13.8 Å². The number of carbonyl (C=O) groups is 1. The minimum absolute atomic E-state index is 0.123. The second-order valence-electron chi connectivity index (χ2n) is 3.76. The summed E-state index contributed by atoms with van der Waals surface area (Å²) in [5.41, 5.74) is -0.123. The largest absolute Gasteiger partial charge is 0.480 e. The lowest BCUT2D eigenvalue weighted by molar-refractivity contribution is -0.141. The van der Waals surface area contributed by atoms with E-state index in [-0.39, 0.29) is 12.1 Å². The van der Waals surface area contributed by atoms with E-state index in [0.29, 0.717) is 0 Å². The molecule has 0 aromatic heterocycles. The second-order valence-corrected chi connectivity index (χ2v) is 3.76. The molecule has 84 valence electrons. The first kappa shape index (κ1) is 13.4. The van der Waals surface area contributed by atoms with Crippen molar-refractivity contribution < 1.29 is 14.6 Å². The summed E-state index contributed by atoms with van der Waals surface area (Å²) in [5.74, 6) is -0.861. The summed E-state index contributed by atoms with van der Waals surface area (Å²) in [7, 11) is 1.51. The minimum atomic E-state index is -0.861. The van der Waals surface area contributed by atoms with Crippen molar-refractivity contribution in [3.8, 4) is 0 Å². The molecule has 0 aliphatic heterocycles. The first-order chi connectivity index (χ1) is 6.49. The van der Waals surface area contributed by atoms with Crippen LogP contribution in [-0.2, 0) is 9.53 Å². The lowest BCUT2D eigenvalue weighted by Gasteiger charge is -2.31. The SMILES string of the molecule is CCC(C)(CC)NC(COC)C(=O)O. The fourth-order valence-electron chi connectivity index (χ4n) is 1.22. The van der Waals surface area contributed by atoms with Crippen LogP contribution in [0, 0.1) is 0 Å². The maximum Gasteiger partial charge on any atom is 0.323 e. The average molecular weight is 203 g/mol. The molecule has 0 aliphatic rings. The molecule has 0 heterocycles. The van der Waals surface area contributed by atoms with Gasteiger partial charge in [-0.15, -0.1) is 0 Å². The summed E-state index contributed by atoms with van der Waals surface area (Å²) >= 11 is 0. The number of nitrogens with one attached hydrogen (secondary N) is 1. The van der Waals surface area contributed by atoms with Crippen LogP contribution in [0.2, 0.25) is 0 Å². The zero-order valence-electron chi connectivity index (χ0n) is 9.46. The molecule has 0 aliphatic carbocycles. The number of hydrogen-bond donors (Lipinski definition) is 2. The van der Waals surface area contributed by atoms with E-state index in [0.717, 1.165) is 12.8 Å². The molecular formula is C10H21NO3. The Morgan fingerprint density at radius 1 is 1.50 bits per heavy atom. The van der Waals surface area contributed by atoms with E-state index in [9.17, 15) is 4.79 Å². The van der Waals surface area contributed by atoms with Crippen molar-refractivity contribution in [2.45, 2.75) is 45.2 Å². The molecule has 14 heavy (non-hydrogen) atoms. The molecule has 0 saturated carbocycles. The summed E-state index contributed by atoms with van der Waals surface area (Å²) in [5, 5.41) is 12.0. The number of carboxylic acid groups (broad SMARTS) is 1. The quantitative estimate of drug-likeness (QED) is 0.654. The Hall–Kier alpha value is -0.610. The molecule has 0 saturated heterocycles. The molecule has 0 rings (SSSR count). The number of rotatable bonds is 7. The fourth-order valence-corrected chi connectivity index (χ4v) is 1.22. The van der Waals surface area contributed by atoms with Crippen LogP contribution in [-0.4, -0.2) is 36.4 Å². The first-order valence-electron chi connectivity index (χ1n) is 4.98. The van der Waals surface area contributed by atoms with Crippen molar-refractivity contribution in [3.05, 3.63) is 0 Å². The van der Waals surface area contributed by atoms with Crippen LogP contribution in [0.15, 0.2) is 0 Å². The Balaban J connectivity index is 4.33. The van der Waals surface area contributed by atoms with Gasteiger partial charge in [-0.2, -0.15) is 0 Å². The summed E-state index contributed by atoms with van der Waals surface area (Å²) in [6.45, 7) is 6.31. The van der Waals surface area contributed by atoms with E-state index in [2.05, 4.69) is 5.32 Å². The van der Waals surface area contributed by atoms with Gasteiger partial charge in [0.15, 0.2) is 0 Å². The van der Waals surface area contributed by atoms with Crippen LogP contribution < -0.4 is 5.32 Å². The normalized spacial score (nSPS) is 14.0. The lowest BCUT2D eigenvalue weighted by atomic mass is 9.94. The molecule has 0 fully saturated rings.